The molecule has 0 aromatic heterocycles. The molecule has 0 radical (unpaired) electrons. The highest BCUT2D eigenvalue weighted by Crippen LogP contribution is 2.33. The van der Waals surface area contributed by atoms with Crippen molar-refractivity contribution < 1.29 is 4.74 Å². The van der Waals surface area contributed by atoms with Crippen LogP contribution in [0.3, 0.4) is 0 Å². The molecule has 0 aliphatic carbocycles. The number of likely N-dealkylation sites (N-methyl/N-ethyl adjacent to an activating group) is 1. The number of ether oxygens (including phenoxy) is 1. The molecule has 0 aliphatic heterocycles. The molecule has 1 unspecified atom stereocenters. The van der Waals surface area contributed by atoms with E-state index in [1.807, 2.05) is 18.2 Å². The molecule has 19 heavy (non-hydrogen) atoms. The molecule has 0 amide bonds. The summed E-state index contributed by atoms with van der Waals surface area (Å²) >= 11 is 0. The number of unbranched alkanes of at least 4 members (excludes halogenated alkanes) is 2. The van der Waals surface area contributed by atoms with Gasteiger partial charge in [-0.05, 0) is 25.5 Å². The predicted molar refractivity (Wildman–Crippen MR) is 83.0 cm³/mol. The van der Waals surface area contributed by atoms with Gasteiger partial charge in [0, 0.05) is 19.1 Å². The molecule has 1 atom stereocenters. The maximum Gasteiger partial charge on any atom is 0.142 e. The van der Waals surface area contributed by atoms with Crippen molar-refractivity contribution in [2.45, 2.75) is 45.1 Å². The lowest BCUT2D eigenvalue weighted by molar-refractivity contribution is 0.384. The smallest absolute Gasteiger partial charge is 0.142 e. The number of anilines is 1. The summed E-state index contributed by atoms with van der Waals surface area (Å²) in [5, 5.41) is 0. The van der Waals surface area contributed by atoms with Gasteiger partial charge in [-0.1, -0.05) is 38.3 Å². The molecular formula is C16H28N2O. The minimum Gasteiger partial charge on any atom is -0.495 e. The Bertz CT molecular complexity index is 381. The molecule has 0 fully saturated rings. The van der Waals surface area contributed by atoms with Gasteiger partial charge in [-0.15, -0.1) is 0 Å². The molecule has 3 heteroatoms. The highest BCUT2D eigenvalue weighted by molar-refractivity contribution is 5.59. The zero-order valence-corrected chi connectivity index (χ0v) is 12.8. The minimum absolute atomic E-state index is 0.0240. The number of nitrogens with zero attached hydrogens (tertiary/aromatic N) is 1. The standard InChI is InChI=1S/C16H28N2O/c1-5-6-9-12-16(2,13-17)18(3)14-10-7-8-11-15(14)19-4/h7-8,10-11H,5-6,9,12-13,17H2,1-4H3. The van der Waals surface area contributed by atoms with Crippen LogP contribution >= 0.6 is 0 Å². The van der Waals surface area contributed by atoms with E-state index in [0.29, 0.717) is 6.54 Å². The van der Waals surface area contributed by atoms with Crippen LogP contribution in [0.2, 0.25) is 0 Å². The fraction of sp³-hybridized carbons (Fsp3) is 0.625. The first-order chi connectivity index (χ1) is 9.09. The van der Waals surface area contributed by atoms with Crippen molar-refractivity contribution in [3.05, 3.63) is 24.3 Å². The van der Waals surface area contributed by atoms with E-state index in [1.165, 1.54) is 19.3 Å². The average molecular weight is 264 g/mol. The van der Waals surface area contributed by atoms with Gasteiger partial charge >= 0.3 is 0 Å². The zero-order valence-electron chi connectivity index (χ0n) is 12.8. The van der Waals surface area contributed by atoms with Gasteiger partial charge in [0.15, 0.2) is 0 Å². The highest BCUT2D eigenvalue weighted by Gasteiger charge is 2.28. The van der Waals surface area contributed by atoms with Crippen LogP contribution in [0.25, 0.3) is 0 Å². The van der Waals surface area contributed by atoms with Crippen molar-refractivity contribution in [1.29, 1.82) is 0 Å². The molecular weight excluding hydrogens is 236 g/mol. The Morgan fingerprint density at radius 1 is 1.26 bits per heavy atom. The number of methoxy groups -OCH3 is 1. The summed E-state index contributed by atoms with van der Waals surface area (Å²) in [6.07, 6.45) is 4.81. The Labute approximate surface area is 117 Å². The number of hydrogen-bond donors (Lipinski definition) is 1. The molecule has 0 spiro atoms. The van der Waals surface area contributed by atoms with E-state index < -0.39 is 0 Å². The Kier molecular flexibility index (Phi) is 6.16. The molecule has 0 saturated heterocycles. The number of rotatable bonds is 8. The third-order valence-electron chi connectivity index (χ3n) is 4.01. The van der Waals surface area contributed by atoms with E-state index in [2.05, 4.69) is 31.9 Å². The van der Waals surface area contributed by atoms with Crippen molar-refractivity contribution >= 4 is 5.69 Å². The quantitative estimate of drug-likeness (QED) is 0.731. The first kappa shape index (κ1) is 15.8. The first-order valence-electron chi connectivity index (χ1n) is 7.16. The SMILES string of the molecule is CCCCCC(C)(CN)N(C)c1ccccc1OC. The summed E-state index contributed by atoms with van der Waals surface area (Å²) in [4.78, 5) is 2.27. The second-order valence-electron chi connectivity index (χ2n) is 5.39. The Morgan fingerprint density at radius 2 is 1.95 bits per heavy atom. The lowest BCUT2D eigenvalue weighted by Crippen LogP contribution is -2.50. The van der Waals surface area contributed by atoms with Gasteiger partial charge in [0.05, 0.1) is 12.8 Å². The summed E-state index contributed by atoms with van der Waals surface area (Å²) in [6.45, 7) is 5.10. The van der Waals surface area contributed by atoms with Crippen LogP contribution < -0.4 is 15.4 Å². The molecule has 0 aliphatic rings. The van der Waals surface area contributed by atoms with E-state index in [4.69, 9.17) is 10.5 Å². The van der Waals surface area contributed by atoms with Gasteiger partial charge in [-0.3, -0.25) is 0 Å². The van der Waals surface area contributed by atoms with Gasteiger partial charge in [0.1, 0.15) is 5.75 Å². The zero-order chi connectivity index (χ0) is 14.3. The van der Waals surface area contributed by atoms with E-state index >= 15 is 0 Å². The third-order valence-corrected chi connectivity index (χ3v) is 4.01. The van der Waals surface area contributed by atoms with Gasteiger partial charge in [0.2, 0.25) is 0 Å². The van der Waals surface area contributed by atoms with Gasteiger partial charge in [-0.25, -0.2) is 0 Å². The molecule has 2 N–H and O–H groups in total. The van der Waals surface area contributed by atoms with E-state index in [9.17, 15) is 0 Å². The van der Waals surface area contributed by atoms with Crippen LogP contribution in [0.4, 0.5) is 5.69 Å². The average Bonchev–Trinajstić information content (AvgIpc) is 2.46. The number of hydrogen-bond acceptors (Lipinski definition) is 3. The topological polar surface area (TPSA) is 38.5 Å². The van der Waals surface area contributed by atoms with Crippen LogP contribution in [-0.2, 0) is 0 Å². The Balaban J connectivity index is 2.90. The van der Waals surface area contributed by atoms with Gasteiger partial charge in [-0.2, -0.15) is 0 Å². The lowest BCUT2D eigenvalue weighted by atomic mass is 9.92. The monoisotopic (exact) mass is 264 g/mol. The van der Waals surface area contributed by atoms with Crippen molar-refractivity contribution in [1.82, 2.24) is 0 Å². The summed E-state index contributed by atoms with van der Waals surface area (Å²) in [5.74, 6) is 0.903. The second-order valence-corrected chi connectivity index (χ2v) is 5.39. The van der Waals surface area contributed by atoms with Crippen molar-refractivity contribution in [2.75, 3.05) is 25.6 Å². The van der Waals surface area contributed by atoms with E-state index in [-0.39, 0.29) is 5.54 Å². The van der Waals surface area contributed by atoms with Crippen molar-refractivity contribution in [2.24, 2.45) is 5.73 Å². The summed E-state index contributed by atoms with van der Waals surface area (Å²) in [6, 6.07) is 8.12. The largest absolute Gasteiger partial charge is 0.495 e. The maximum absolute atomic E-state index is 6.04. The Hall–Kier alpha value is -1.22. The summed E-state index contributed by atoms with van der Waals surface area (Å²) < 4.78 is 5.45. The van der Waals surface area contributed by atoms with Crippen molar-refractivity contribution in [3.63, 3.8) is 0 Å². The van der Waals surface area contributed by atoms with Crippen LogP contribution in [0, 0.1) is 0 Å². The molecule has 0 heterocycles. The molecule has 0 bridgehead atoms. The first-order valence-corrected chi connectivity index (χ1v) is 7.16. The fourth-order valence-corrected chi connectivity index (χ4v) is 2.36. The van der Waals surface area contributed by atoms with Crippen LogP contribution in [0.5, 0.6) is 5.75 Å². The predicted octanol–water partition coefficient (Wildman–Crippen LogP) is 3.43. The number of nitrogens with two attached hydrogens (primary N) is 1. The lowest BCUT2D eigenvalue weighted by Gasteiger charge is -2.40. The molecule has 1 rings (SSSR count). The molecule has 108 valence electrons. The van der Waals surface area contributed by atoms with E-state index in [1.54, 1.807) is 7.11 Å². The summed E-state index contributed by atoms with van der Waals surface area (Å²) in [7, 11) is 3.82. The normalized spacial score (nSPS) is 13.9. The second kappa shape index (κ2) is 7.39. The minimum atomic E-state index is -0.0240. The number of benzene rings is 1. The third kappa shape index (κ3) is 3.87. The van der Waals surface area contributed by atoms with E-state index in [0.717, 1.165) is 17.9 Å². The number of para-hydroxylation sites is 2. The van der Waals surface area contributed by atoms with Crippen LogP contribution in [-0.4, -0.2) is 26.2 Å². The van der Waals surface area contributed by atoms with Gasteiger partial charge < -0.3 is 15.4 Å². The van der Waals surface area contributed by atoms with Crippen molar-refractivity contribution in [3.8, 4) is 5.75 Å². The van der Waals surface area contributed by atoms with Gasteiger partial charge in [0.25, 0.3) is 0 Å². The molecule has 0 saturated carbocycles. The van der Waals surface area contributed by atoms with Crippen LogP contribution in [0.1, 0.15) is 39.5 Å². The Morgan fingerprint density at radius 3 is 2.53 bits per heavy atom. The fourth-order valence-electron chi connectivity index (χ4n) is 2.36. The maximum atomic E-state index is 6.04. The highest BCUT2D eigenvalue weighted by atomic mass is 16.5. The molecule has 3 nitrogen and oxygen atoms in total. The summed E-state index contributed by atoms with van der Waals surface area (Å²) in [5.41, 5.74) is 7.12. The molecule has 1 aromatic carbocycles. The van der Waals surface area contributed by atoms with Crippen LogP contribution in [0.15, 0.2) is 24.3 Å². The molecule has 1 aromatic rings.